The number of hydrogen-bond acceptors (Lipinski definition) is 3. The highest BCUT2D eigenvalue weighted by molar-refractivity contribution is 7.85. The van der Waals surface area contributed by atoms with Crippen LogP contribution in [0, 0.1) is 6.92 Å². The predicted molar refractivity (Wildman–Crippen MR) is 49.2 cm³/mol. The predicted octanol–water partition coefficient (Wildman–Crippen LogP) is 2.21. The summed E-state index contributed by atoms with van der Waals surface area (Å²) in [5.74, 6) is 0. The summed E-state index contributed by atoms with van der Waals surface area (Å²) in [6.45, 7) is 1.54. The van der Waals surface area contributed by atoms with Crippen LogP contribution < -0.4 is 0 Å². The van der Waals surface area contributed by atoms with E-state index in [0.717, 1.165) is 6.07 Å². The molecule has 0 radical (unpaired) electrons. The molecule has 0 spiro atoms. The van der Waals surface area contributed by atoms with Crippen LogP contribution in [0.5, 0.6) is 0 Å². The first-order valence-corrected chi connectivity index (χ1v) is 5.41. The molecule has 0 heterocycles. The van der Waals surface area contributed by atoms with Gasteiger partial charge in [0.15, 0.2) is 0 Å². The normalized spacial score (nSPS) is 11.7. The minimum absolute atomic E-state index is 0.109. The van der Waals surface area contributed by atoms with Gasteiger partial charge < -0.3 is 4.55 Å². The monoisotopic (exact) mass is 239 g/mol. The van der Waals surface area contributed by atoms with E-state index >= 15 is 0 Å². The van der Waals surface area contributed by atoms with Gasteiger partial charge in [-0.1, -0.05) is 23.2 Å². The minimum atomic E-state index is -4.51. The molecule has 0 aromatic heterocycles. The second-order valence-corrected chi connectivity index (χ2v) is 4.57. The standard InChI is InChI=1S/C7H6Cl2O3S/c1-4-5(8)2-3-6(7(4)9)13(10,11)12/h2-3H,1H3,(H,10,11,12)/p-1. The molecule has 0 amide bonds. The topological polar surface area (TPSA) is 57.2 Å². The van der Waals surface area contributed by atoms with Crippen LogP contribution in [0.4, 0.5) is 0 Å². The Morgan fingerprint density at radius 2 is 1.85 bits per heavy atom. The lowest BCUT2D eigenvalue weighted by Crippen LogP contribution is -2.00. The lowest BCUT2D eigenvalue weighted by Gasteiger charge is -2.11. The molecule has 1 aromatic rings. The molecule has 0 bridgehead atoms. The zero-order chi connectivity index (χ0) is 10.2. The molecule has 13 heavy (non-hydrogen) atoms. The van der Waals surface area contributed by atoms with Crippen molar-refractivity contribution in [1.29, 1.82) is 0 Å². The second-order valence-electron chi connectivity index (χ2n) is 2.44. The van der Waals surface area contributed by atoms with E-state index in [-0.39, 0.29) is 5.02 Å². The average Bonchev–Trinajstić information content (AvgIpc) is 1.98. The summed E-state index contributed by atoms with van der Waals surface area (Å²) >= 11 is 11.3. The third-order valence-electron chi connectivity index (χ3n) is 1.55. The maximum atomic E-state index is 10.6. The van der Waals surface area contributed by atoms with Crippen molar-refractivity contribution in [2.75, 3.05) is 0 Å². The van der Waals surface area contributed by atoms with E-state index in [2.05, 4.69) is 0 Å². The van der Waals surface area contributed by atoms with Crippen molar-refractivity contribution in [3.63, 3.8) is 0 Å². The van der Waals surface area contributed by atoms with Crippen LogP contribution in [-0.4, -0.2) is 13.0 Å². The van der Waals surface area contributed by atoms with Gasteiger partial charge >= 0.3 is 0 Å². The zero-order valence-electron chi connectivity index (χ0n) is 6.54. The summed E-state index contributed by atoms with van der Waals surface area (Å²) in [6, 6.07) is 2.42. The Morgan fingerprint density at radius 1 is 1.31 bits per heavy atom. The molecule has 0 aliphatic rings. The molecule has 3 nitrogen and oxygen atoms in total. The number of halogens is 2. The van der Waals surface area contributed by atoms with Crippen LogP contribution in [-0.2, 0) is 10.1 Å². The molecular formula is C7H5Cl2O3S-. The van der Waals surface area contributed by atoms with Crippen LogP contribution in [0.2, 0.25) is 10.0 Å². The van der Waals surface area contributed by atoms with E-state index < -0.39 is 15.0 Å². The van der Waals surface area contributed by atoms with Gasteiger partial charge in [0.25, 0.3) is 0 Å². The van der Waals surface area contributed by atoms with E-state index in [0.29, 0.717) is 10.6 Å². The summed E-state index contributed by atoms with van der Waals surface area (Å²) in [5, 5.41) is 0.222. The van der Waals surface area contributed by atoms with Gasteiger partial charge in [-0.3, -0.25) is 0 Å². The van der Waals surface area contributed by atoms with Crippen molar-refractivity contribution in [3.8, 4) is 0 Å². The molecule has 0 saturated heterocycles. The summed E-state index contributed by atoms with van der Waals surface area (Å²) in [6.07, 6.45) is 0. The fourth-order valence-electron chi connectivity index (χ4n) is 0.830. The largest absolute Gasteiger partial charge is 0.744 e. The van der Waals surface area contributed by atoms with Gasteiger partial charge in [-0.15, -0.1) is 0 Å². The molecule has 0 unspecified atom stereocenters. The van der Waals surface area contributed by atoms with Crippen molar-refractivity contribution in [2.45, 2.75) is 11.8 Å². The highest BCUT2D eigenvalue weighted by Crippen LogP contribution is 2.29. The fraction of sp³-hybridized carbons (Fsp3) is 0.143. The van der Waals surface area contributed by atoms with Gasteiger partial charge in [0.2, 0.25) is 0 Å². The highest BCUT2D eigenvalue weighted by atomic mass is 35.5. The van der Waals surface area contributed by atoms with Crippen LogP contribution in [0.25, 0.3) is 0 Å². The molecular weight excluding hydrogens is 235 g/mol. The molecule has 0 atom stereocenters. The number of benzene rings is 1. The lowest BCUT2D eigenvalue weighted by molar-refractivity contribution is 0.463. The Bertz CT molecular complexity index is 439. The molecule has 0 fully saturated rings. The van der Waals surface area contributed by atoms with E-state index in [1.807, 2.05) is 0 Å². The quantitative estimate of drug-likeness (QED) is 0.707. The lowest BCUT2D eigenvalue weighted by atomic mass is 10.2. The van der Waals surface area contributed by atoms with Crippen molar-refractivity contribution in [1.82, 2.24) is 0 Å². The average molecular weight is 240 g/mol. The van der Waals surface area contributed by atoms with Gasteiger partial charge in [-0.2, -0.15) is 0 Å². The van der Waals surface area contributed by atoms with Gasteiger partial charge in [-0.25, -0.2) is 8.42 Å². The summed E-state index contributed by atoms with van der Waals surface area (Å²) in [7, 11) is -4.51. The van der Waals surface area contributed by atoms with E-state index in [4.69, 9.17) is 23.2 Å². The Balaban J connectivity index is 3.53. The molecule has 0 aliphatic carbocycles. The van der Waals surface area contributed by atoms with Crippen LogP contribution in [0.1, 0.15) is 5.56 Å². The van der Waals surface area contributed by atoms with Crippen LogP contribution >= 0.6 is 23.2 Å². The van der Waals surface area contributed by atoms with E-state index in [1.165, 1.54) is 6.07 Å². The molecule has 72 valence electrons. The minimum Gasteiger partial charge on any atom is -0.744 e. The van der Waals surface area contributed by atoms with Crippen molar-refractivity contribution in [2.24, 2.45) is 0 Å². The van der Waals surface area contributed by atoms with Crippen LogP contribution in [0.15, 0.2) is 17.0 Å². The molecule has 6 heteroatoms. The third kappa shape index (κ3) is 2.14. The smallest absolute Gasteiger partial charge is 0.125 e. The van der Waals surface area contributed by atoms with E-state index in [1.54, 1.807) is 6.92 Å². The van der Waals surface area contributed by atoms with Gasteiger partial charge in [-0.05, 0) is 24.6 Å². The first kappa shape index (κ1) is 10.8. The summed E-state index contributed by atoms with van der Waals surface area (Å²) < 4.78 is 31.9. The molecule has 0 aliphatic heterocycles. The maximum Gasteiger partial charge on any atom is 0.125 e. The maximum absolute atomic E-state index is 10.6. The Kier molecular flexibility index (Phi) is 2.87. The van der Waals surface area contributed by atoms with Gasteiger partial charge in [0.1, 0.15) is 10.1 Å². The summed E-state index contributed by atoms with van der Waals surface area (Å²) in [5.41, 5.74) is 0.389. The van der Waals surface area contributed by atoms with Gasteiger partial charge in [0.05, 0.1) is 9.92 Å². The molecule has 0 N–H and O–H groups in total. The Labute approximate surface area is 86.0 Å². The molecule has 1 rings (SSSR count). The SMILES string of the molecule is Cc1c(Cl)ccc(S(=O)(=O)[O-])c1Cl. The van der Waals surface area contributed by atoms with Crippen molar-refractivity contribution < 1.29 is 13.0 Å². The first-order valence-electron chi connectivity index (χ1n) is 3.24. The van der Waals surface area contributed by atoms with Gasteiger partial charge in [0, 0.05) is 5.02 Å². The number of hydrogen-bond donors (Lipinski definition) is 0. The Hall–Kier alpha value is -0.290. The Morgan fingerprint density at radius 3 is 2.31 bits per heavy atom. The molecule has 0 saturated carbocycles. The zero-order valence-corrected chi connectivity index (χ0v) is 8.87. The van der Waals surface area contributed by atoms with Crippen molar-refractivity contribution in [3.05, 3.63) is 27.7 Å². The van der Waals surface area contributed by atoms with Crippen LogP contribution in [0.3, 0.4) is 0 Å². The summed E-state index contributed by atoms with van der Waals surface area (Å²) in [4.78, 5) is -0.434. The highest BCUT2D eigenvalue weighted by Gasteiger charge is 2.11. The first-order chi connectivity index (χ1) is 5.84. The second kappa shape index (κ2) is 3.46. The number of rotatable bonds is 1. The molecule has 1 aromatic carbocycles. The van der Waals surface area contributed by atoms with E-state index in [9.17, 15) is 13.0 Å². The van der Waals surface area contributed by atoms with Crippen molar-refractivity contribution >= 4 is 33.3 Å². The fourth-order valence-corrected chi connectivity index (χ4v) is 2.09. The third-order valence-corrected chi connectivity index (χ3v) is 3.44.